The topological polar surface area (TPSA) is 46.9 Å². The van der Waals surface area contributed by atoms with Crippen molar-refractivity contribution in [2.45, 2.75) is 426 Å². The molecule has 0 amide bonds. The fourth-order valence-corrected chi connectivity index (χ4v) is 11.2. The minimum atomic E-state index is 0.872. The first-order chi connectivity index (χ1) is 36.6. The van der Waals surface area contributed by atoms with Crippen LogP contribution in [0.25, 0.3) is 0 Å². The van der Waals surface area contributed by atoms with Gasteiger partial charge in [0.15, 0.2) is 0 Å². The van der Waals surface area contributed by atoms with Crippen LogP contribution in [0.2, 0.25) is 0 Å². The van der Waals surface area contributed by atoms with E-state index in [9.17, 15) is 10.4 Å². The minimum Gasteiger partial charge on any atom is -0.314 e. The van der Waals surface area contributed by atoms with Crippen molar-refractivity contribution in [3.05, 3.63) is 0 Å². The second-order valence-corrected chi connectivity index (χ2v) is 24.4. The first-order valence-corrected chi connectivity index (χ1v) is 35.5. The number of nitrogens with zero attached hydrogens (tertiary/aromatic N) is 2. The number of hydrogen-bond donors (Lipinski definition) is 2. The van der Waals surface area contributed by atoms with Gasteiger partial charge in [-0.3, -0.25) is 0 Å². The highest BCUT2D eigenvalue weighted by Crippen LogP contribution is 2.18. The molecule has 0 unspecified atom stereocenters. The Kier molecular flexibility index (Phi) is 74.7. The number of rotatable bonds is 66. The molecule has 0 aromatic carbocycles. The Morgan fingerprint density at radius 3 is 0.311 bits per heavy atom. The maximum atomic E-state index is 10.1. The van der Waals surface area contributed by atoms with Gasteiger partial charge >= 0.3 is 0 Å². The van der Waals surface area contributed by atoms with Crippen LogP contribution < -0.4 is 0 Å². The third kappa shape index (κ3) is 73.9. The monoisotopic (exact) mass is 1050 g/mol. The standard InChI is InChI=1S/C36H75NO.C34H71NO/c1-3-5-7-9-11-13-15-17-19-21-23-25-27-29-31-33-35-37(38)36-34-32-30-28-26-24-22-20-18-16-14-12-10-8-6-4-2;1-3-5-7-9-11-13-15-17-19-20-22-24-26-28-30-32-34-35(36)33-31-29-27-25-23-21-18-16-14-12-10-8-6-4-2/h38H,3-36H2,1-2H3;36H,3-34H2,1-2H3. The van der Waals surface area contributed by atoms with Gasteiger partial charge in [0, 0.05) is 26.2 Å². The van der Waals surface area contributed by atoms with Crippen molar-refractivity contribution >= 4 is 0 Å². The predicted molar refractivity (Wildman–Crippen MR) is 336 cm³/mol. The molecule has 0 saturated heterocycles. The second-order valence-electron chi connectivity index (χ2n) is 24.4. The van der Waals surface area contributed by atoms with Gasteiger partial charge in [0.1, 0.15) is 0 Å². The van der Waals surface area contributed by atoms with Gasteiger partial charge < -0.3 is 10.4 Å². The molecule has 0 fully saturated rings. The third-order valence-corrected chi connectivity index (χ3v) is 16.6. The van der Waals surface area contributed by atoms with Gasteiger partial charge in [-0.05, 0) is 25.7 Å². The van der Waals surface area contributed by atoms with E-state index >= 15 is 0 Å². The SMILES string of the molecule is CCCCCCCCCCCCCCCCCCN(O)CCCCCCCCCCCCCCCC.CCCCCCCCCCCCCCCCCCN(O)CCCCCCCCCCCCCCCCCC. The molecule has 0 aliphatic heterocycles. The molecule has 0 heterocycles. The molecule has 0 aliphatic rings. The maximum absolute atomic E-state index is 10.1. The molecule has 0 saturated carbocycles. The Morgan fingerprint density at radius 1 is 0.135 bits per heavy atom. The number of hydrogen-bond acceptors (Lipinski definition) is 4. The predicted octanol–water partition coefficient (Wildman–Crippen LogP) is 25.6. The fourth-order valence-electron chi connectivity index (χ4n) is 11.2. The summed E-state index contributed by atoms with van der Waals surface area (Å²) in [5.41, 5.74) is 0. The molecule has 0 bridgehead atoms. The van der Waals surface area contributed by atoms with Gasteiger partial charge in [-0.1, -0.05) is 400 Å². The molecule has 0 spiro atoms. The molecule has 0 aliphatic carbocycles. The summed E-state index contributed by atoms with van der Waals surface area (Å²) in [6, 6.07) is 0. The van der Waals surface area contributed by atoms with Crippen LogP contribution in [0.15, 0.2) is 0 Å². The van der Waals surface area contributed by atoms with Crippen molar-refractivity contribution in [3.8, 4) is 0 Å². The van der Waals surface area contributed by atoms with Crippen LogP contribution in [-0.4, -0.2) is 46.7 Å². The summed E-state index contributed by atoms with van der Waals surface area (Å²) in [7, 11) is 0. The Balaban J connectivity index is 0. The van der Waals surface area contributed by atoms with E-state index < -0.39 is 0 Å². The summed E-state index contributed by atoms with van der Waals surface area (Å²) in [5, 5.41) is 23.4. The van der Waals surface area contributed by atoms with Crippen molar-refractivity contribution in [3.63, 3.8) is 0 Å². The summed E-state index contributed by atoms with van der Waals surface area (Å²) in [4.78, 5) is 0. The van der Waals surface area contributed by atoms with E-state index in [1.54, 1.807) is 10.1 Å². The summed E-state index contributed by atoms with van der Waals surface area (Å²) in [6.07, 6.45) is 86.9. The lowest BCUT2D eigenvalue weighted by Crippen LogP contribution is -2.21. The van der Waals surface area contributed by atoms with Gasteiger partial charge in [0.2, 0.25) is 0 Å². The van der Waals surface area contributed by atoms with E-state index in [1.165, 1.54) is 372 Å². The van der Waals surface area contributed by atoms with Gasteiger partial charge in [-0.2, -0.15) is 10.1 Å². The van der Waals surface area contributed by atoms with E-state index in [1.807, 2.05) is 0 Å². The molecule has 0 aromatic rings. The molecule has 4 heteroatoms. The summed E-state index contributed by atoms with van der Waals surface area (Å²) in [5.74, 6) is 0. The average Bonchev–Trinajstić information content (AvgIpc) is 3.40. The summed E-state index contributed by atoms with van der Waals surface area (Å²) < 4.78 is 0. The number of hydroxylamine groups is 4. The van der Waals surface area contributed by atoms with E-state index in [4.69, 9.17) is 0 Å². The summed E-state index contributed by atoms with van der Waals surface area (Å²) >= 11 is 0. The lowest BCUT2D eigenvalue weighted by atomic mass is 10.0. The Hall–Kier alpha value is -0.160. The molecule has 74 heavy (non-hydrogen) atoms. The van der Waals surface area contributed by atoms with Crippen molar-refractivity contribution in [1.29, 1.82) is 0 Å². The molecule has 0 rings (SSSR count). The van der Waals surface area contributed by atoms with Crippen molar-refractivity contribution in [2.75, 3.05) is 26.2 Å². The fraction of sp³-hybridized carbons (Fsp3) is 1.00. The Morgan fingerprint density at radius 2 is 0.216 bits per heavy atom. The van der Waals surface area contributed by atoms with Gasteiger partial charge in [0.05, 0.1) is 0 Å². The molecule has 4 nitrogen and oxygen atoms in total. The normalized spacial score (nSPS) is 11.7. The van der Waals surface area contributed by atoms with E-state index in [2.05, 4.69) is 27.7 Å². The third-order valence-electron chi connectivity index (χ3n) is 16.6. The number of unbranched alkanes of at least 4 members (excludes halogenated alkanes) is 58. The first-order valence-electron chi connectivity index (χ1n) is 35.5. The zero-order valence-electron chi connectivity index (χ0n) is 52.5. The molecule has 2 N–H and O–H groups in total. The molecule has 448 valence electrons. The van der Waals surface area contributed by atoms with Crippen LogP contribution in [0.5, 0.6) is 0 Å². The first kappa shape index (κ1) is 75.9. The van der Waals surface area contributed by atoms with Crippen molar-refractivity contribution in [1.82, 2.24) is 10.1 Å². The van der Waals surface area contributed by atoms with Crippen LogP contribution in [-0.2, 0) is 0 Å². The highest BCUT2D eigenvalue weighted by atomic mass is 16.5. The van der Waals surface area contributed by atoms with E-state index in [0.717, 1.165) is 51.9 Å². The van der Waals surface area contributed by atoms with Gasteiger partial charge in [0.25, 0.3) is 0 Å². The average molecular weight is 1050 g/mol. The highest BCUT2D eigenvalue weighted by molar-refractivity contribution is 4.57. The zero-order valence-corrected chi connectivity index (χ0v) is 52.5. The lowest BCUT2D eigenvalue weighted by Gasteiger charge is -2.14. The van der Waals surface area contributed by atoms with Gasteiger partial charge in [-0.25, -0.2) is 0 Å². The van der Waals surface area contributed by atoms with Crippen LogP contribution in [0.4, 0.5) is 0 Å². The largest absolute Gasteiger partial charge is 0.314 e. The highest BCUT2D eigenvalue weighted by Gasteiger charge is 2.04. The second kappa shape index (κ2) is 72.8. The van der Waals surface area contributed by atoms with Gasteiger partial charge in [-0.15, -0.1) is 0 Å². The Bertz CT molecular complexity index is 879. The molecular formula is C70H146N2O2. The van der Waals surface area contributed by atoms with E-state index in [0.29, 0.717) is 0 Å². The molecule has 0 atom stereocenters. The molecule has 0 radical (unpaired) electrons. The quantitative estimate of drug-likeness (QED) is 0.0471. The molecular weight excluding hydrogens is 901 g/mol. The minimum absolute atomic E-state index is 0.872. The van der Waals surface area contributed by atoms with Crippen LogP contribution >= 0.6 is 0 Å². The smallest absolute Gasteiger partial charge is 0.0238 e. The van der Waals surface area contributed by atoms with E-state index in [-0.39, 0.29) is 0 Å². The van der Waals surface area contributed by atoms with Crippen LogP contribution in [0.1, 0.15) is 426 Å². The maximum Gasteiger partial charge on any atom is 0.0238 e. The Labute approximate surface area is 470 Å². The zero-order chi connectivity index (χ0) is 53.8. The van der Waals surface area contributed by atoms with Crippen molar-refractivity contribution in [2.24, 2.45) is 0 Å². The van der Waals surface area contributed by atoms with Crippen LogP contribution in [0.3, 0.4) is 0 Å². The summed E-state index contributed by atoms with van der Waals surface area (Å²) in [6.45, 7) is 12.7. The molecule has 0 aromatic heterocycles. The lowest BCUT2D eigenvalue weighted by molar-refractivity contribution is -0.0926. The van der Waals surface area contributed by atoms with Crippen LogP contribution in [0, 0.1) is 0 Å². The van der Waals surface area contributed by atoms with Crippen molar-refractivity contribution < 1.29 is 10.4 Å².